The van der Waals surface area contributed by atoms with Crippen molar-refractivity contribution in [3.05, 3.63) is 69.7 Å². The van der Waals surface area contributed by atoms with Gasteiger partial charge < -0.3 is 5.32 Å². The molecule has 0 spiro atoms. The minimum Gasteiger partial charge on any atom is -0.314 e. The van der Waals surface area contributed by atoms with Crippen LogP contribution in [0.5, 0.6) is 0 Å². The highest BCUT2D eigenvalue weighted by Crippen LogP contribution is 2.36. The molecule has 3 rings (SSSR count). The van der Waals surface area contributed by atoms with Crippen molar-refractivity contribution in [2.45, 2.75) is 6.04 Å². The molecular formula is C17H18Cl2N2. The minimum absolute atomic E-state index is 0.152. The molecule has 0 radical (unpaired) electrons. The zero-order valence-electron chi connectivity index (χ0n) is 11.7. The summed E-state index contributed by atoms with van der Waals surface area (Å²) >= 11 is 12.7. The largest absolute Gasteiger partial charge is 0.314 e. The van der Waals surface area contributed by atoms with Gasteiger partial charge in [-0.3, -0.25) is 4.90 Å². The SMILES string of the molecule is Clc1cccc(C(c2ccccc2)N2CCNCC2)c1Cl. The smallest absolute Gasteiger partial charge is 0.0643 e. The molecule has 0 bridgehead atoms. The van der Waals surface area contributed by atoms with Crippen LogP contribution in [0.3, 0.4) is 0 Å². The van der Waals surface area contributed by atoms with Crippen LogP contribution in [0.2, 0.25) is 10.0 Å². The fraction of sp³-hybridized carbons (Fsp3) is 0.294. The highest BCUT2D eigenvalue weighted by Gasteiger charge is 2.26. The van der Waals surface area contributed by atoms with Crippen LogP contribution in [0.15, 0.2) is 48.5 Å². The summed E-state index contributed by atoms with van der Waals surface area (Å²) in [7, 11) is 0. The predicted molar refractivity (Wildman–Crippen MR) is 89.2 cm³/mol. The van der Waals surface area contributed by atoms with E-state index in [9.17, 15) is 0 Å². The Balaban J connectivity index is 2.05. The van der Waals surface area contributed by atoms with Crippen LogP contribution in [-0.4, -0.2) is 31.1 Å². The molecule has 110 valence electrons. The number of nitrogens with zero attached hydrogens (tertiary/aromatic N) is 1. The standard InChI is InChI=1S/C17H18Cl2N2/c18-15-8-4-7-14(16(15)19)17(13-5-2-1-3-6-13)21-11-9-20-10-12-21/h1-8,17,20H,9-12H2. The third-order valence-electron chi connectivity index (χ3n) is 3.91. The van der Waals surface area contributed by atoms with Crippen molar-refractivity contribution in [3.8, 4) is 0 Å². The van der Waals surface area contributed by atoms with Crippen molar-refractivity contribution < 1.29 is 0 Å². The first kappa shape index (κ1) is 14.9. The van der Waals surface area contributed by atoms with E-state index in [4.69, 9.17) is 23.2 Å². The topological polar surface area (TPSA) is 15.3 Å². The maximum atomic E-state index is 6.48. The molecule has 2 aromatic rings. The van der Waals surface area contributed by atoms with Crippen molar-refractivity contribution in [3.63, 3.8) is 0 Å². The van der Waals surface area contributed by atoms with E-state index < -0.39 is 0 Å². The molecule has 1 saturated heterocycles. The molecule has 1 aliphatic heterocycles. The normalized spacial score (nSPS) is 17.6. The van der Waals surface area contributed by atoms with Gasteiger partial charge in [0.25, 0.3) is 0 Å². The fourth-order valence-electron chi connectivity index (χ4n) is 2.89. The number of benzene rings is 2. The van der Waals surface area contributed by atoms with Gasteiger partial charge in [-0.05, 0) is 17.2 Å². The van der Waals surface area contributed by atoms with Crippen LogP contribution in [0.25, 0.3) is 0 Å². The Morgan fingerprint density at radius 3 is 2.33 bits per heavy atom. The molecule has 2 nitrogen and oxygen atoms in total. The minimum atomic E-state index is 0.152. The summed E-state index contributed by atoms with van der Waals surface area (Å²) in [4.78, 5) is 2.46. The van der Waals surface area contributed by atoms with Crippen LogP contribution >= 0.6 is 23.2 Å². The Labute approximate surface area is 135 Å². The summed E-state index contributed by atoms with van der Waals surface area (Å²) in [5, 5.41) is 4.67. The molecule has 0 aliphatic carbocycles. The summed E-state index contributed by atoms with van der Waals surface area (Å²) in [6, 6.07) is 16.5. The van der Waals surface area contributed by atoms with E-state index in [0.29, 0.717) is 10.0 Å². The van der Waals surface area contributed by atoms with Crippen LogP contribution < -0.4 is 5.32 Å². The summed E-state index contributed by atoms with van der Waals surface area (Å²) in [5.41, 5.74) is 2.33. The lowest BCUT2D eigenvalue weighted by Crippen LogP contribution is -2.45. The van der Waals surface area contributed by atoms with Crippen molar-refractivity contribution in [1.29, 1.82) is 0 Å². The average Bonchev–Trinajstić information content (AvgIpc) is 2.54. The van der Waals surface area contributed by atoms with Gasteiger partial charge in [0.05, 0.1) is 16.1 Å². The molecule has 0 amide bonds. The third-order valence-corrected chi connectivity index (χ3v) is 4.74. The Morgan fingerprint density at radius 1 is 0.905 bits per heavy atom. The highest BCUT2D eigenvalue weighted by molar-refractivity contribution is 6.42. The summed E-state index contributed by atoms with van der Waals surface area (Å²) in [5.74, 6) is 0. The van der Waals surface area contributed by atoms with E-state index in [1.807, 2.05) is 18.2 Å². The first-order valence-corrected chi connectivity index (χ1v) is 7.96. The fourth-order valence-corrected chi connectivity index (χ4v) is 3.31. The van der Waals surface area contributed by atoms with Gasteiger partial charge in [-0.15, -0.1) is 0 Å². The molecule has 1 aliphatic rings. The monoisotopic (exact) mass is 320 g/mol. The molecule has 1 N–H and O–H groups in total. The predicted octanol–water partition coefficient (Wildman–Crippen LogP) is 3.99. The molecule has 1 fully saturated rings. The van der Waals surface area contributed by atoms with Gasteiger partial charge in [0.1, 0.15) is 0 Å². The Morgan fingerprint density at radius 2 is 1.62 bits per heavy atom. The second-order valence-corrected chi connectivity index (χ2v) is 6.03. The molecule has 21 heavy (non-hydrogen) atoms. The molecule has 2 aromatic carbocycles. The highest BCUT2D eigenvalue weighted by atomic mass is 35.5. The number of rotatable bonds is 3. The molecule has 0 aromatic heterocycles. The first-order chi connectivity index (χ1) is 10.3. The van der Waals surface area contributed by atoms with Crippen LogP contribution in [0.4, 0.5) is 0 Å². The molecule has 0 saturated carbocycles. The van der Waals surface area contributed by atoms with Gasteiger partial charge in [-0.25, -0.2) is 0 Å². The van der Waals surface area contributed by atoms with Crippen molar-refractivity contribution in [2.75, 3.05) is 26.2 Å². The second kappa shape index (κ2) is 6.80. The Bertz CT molecular complexity index is 595. The van der Waals surface area contributed by atoms with Crippen molar-refractivity contribution in [1.82, 2.24) is 10.2 Å². The molecule has 1 heterocycles. The molecular weight excluding hydrogens is 303 g/mol. The van der Waals surface area contributed by atoms with E-state index in [-0.39, 0.29) is 6.04 Å². The molecule has 4 heteroatoms. The quantitative estimate of drug-likeness (QED) is 0.920. The maximum Gasteiger partial charge on any atom is 0.0643 e. The summed E-state index contributed by atoms with van der Waals surface area (Å²) in [6.07, 6.45) is 0. The van der Waals surface area contributed by atoms with E-state index in [1.54, 1.807) is 0 Å². The van der Waals surface area contributed by atoms with Crippen molar-refractivity contribution >= 4 is 23.2 Å². The van der Waals surface area contributed by atoms with Gasteiger partial charge in [0.2, 0.25) is 0 Å². The number of nitrogens with one attached hydrogen (secondary N) is 1. The summed E-state index contributed by atoms with van der Waals surface area (Å²) in [6.45, 7) is 4.01. The Hall–Kier alpha value is -1.06. The lowest BCUT2D eigenvalue weighted by Gasteiger charge is -2.36. The average molecular weight is 321 g/mol. The zero-order chi connectivity index (χ0) is 14.7. The number of piperazine rings is 1. The van der Waals surface area contributed by atoms with Gasteiger partial charge in [0, 0.05) is 26.2 Å². The van der Waals surface area contributed by atoms with Crippen LogP contribution in [0.1, 0.15) is 17.2 Å². The third kappa shape index (κ3) is 3.24. The van der Waals surface area contributed by atoms with Gasteiger partial charge >= 0.3 is 0 Å². The molecule has 1 unspecified atom stereocenters. The lowest BCUT2D eigenvalue weighted by molar-refractivity contribution is 0.198. The number of halogens is 2. The zero-order valence-corrected chi connectivity index (χ0v) is 13.2. The second-order valence-electron chi connectivity index (χ2n) is 5.24. The lowest BCUT2D eigenvalue weighted by atomic mass is 9.96. The van der Waals surface area contributed by atoms with Gasteiger partial charge in [-0.1, -0.05) is 65.7 Å². The summed E-state index contributed by atoms with van der Waals surface area (Å²) < 4.78 is 0. The number of hydrogen-bond donors (Lipinski definition) is 1. The van der Waals surface area contributed by atoms with E-state index in [2.05, 4.69) is 40.5 Å². The van der Waals surface area contributed by atoms with Gasteiger partial charge in [0.15, 0.2) is 0 Å². The van der Waals surface area contributed by atoms with E-state index >= 15 is 0 Å². The Kier molecular flexibility index (Phi) is 4.81. The first-order valence-electron chi connectivity index (χ1n) is 7.21. The van der Waals surface area contributed by atoms with Crippen LogP contribution in [-0.2, 0) is 0 Å². The molecule has 1 atom stereocenters. The van der Waals surface area contributed by atoms with Crippen molar-refractivity contribution in [2.24, 2.45) is 0 Å². The van der Waals surface area contributed by atoms with E-state index in [1.165, 1.54) is 5.56 Å². The van der Waals surface area contributed by atoms with E-state index in [0.717, 1.165) is 31.7 Å². The van der Waals surface area contributed by atoms with Gasteiger partial charge in [-0.2, -0.15) is 0 Å². The van der Waals surface area contributed by atoms with Crippen LogP contribution in [0, 0.1) is 0 Å². The number of hydrogen-bond acceptors (Lipinski definition) is 2. The maximum absolute atomic E-state index is 6.48.